The molecule has 2 heterocycles. The van der Waals surface area contributed by atoms with Gasteiger partial charge in [0.1, 0.15) is 0 Å². The normalized spacial score (nSPS) is 23.2. The molecule has 1 aromatic heterocycles. The number of rotatable bonds is 2. The van der Waals surface area contributed by atoms with Crippen LogP contribution in [0.2, 0.25) is 0 Å². The van der Waals surface area contributed by atoms with E-state index in [1.165, 1.54) is 17.8 Å². The molecule has 3 nitrogen and oxygen atoms in total. The van der Waals surface area contributed by atoms with E-state index in [2.05, 4.69) is 0 Å². The van der Waals surface area contributed by atoms with Crippen molar-refractivity contribution in [3.8, 4) is 0 Å². The summed E-state index contributed by atoms with van der Waals surface area (Å²) in [6, 6.07) is 0. The highest BCUT2D eigenvalue weighted by molar-refractivity contribution is 7.07. The highest BCUT2D eigenvalue weighted by Crippen LogP contribution is 2.13. The number of aromatic nitrogens is 1. The van der Waals surface area contributed by atoms with Gasteiger partial charge in [-0.2, -0.15) is 0 Å². The van der Waals surface area contributed by atoms with Crippen LogP contribution >= 0.6 is 11.3 Å². The predicted molar refractivity (Wildman–Crippen MR) is 52.2 cm³/mol. The van der Waals surface area contributed by atoms with E-state index in [0.29, 0.717) is 0 Å². The molecule has 2 rings (SSSR count). The number of hydrogen-bond acceptors (Lipinski definition) is 3. The summed E-state index contributed by atoms with van der Waals surface area (Å²) in [7, 11) is 0. The van der Waals surface area contributed by atoms with Crippen molar-refractivity contribution in [2.75, 3.05) is 6.61 Å². The van der Waals surface area contributed by atoms with Crippen molar-refractivity contribution in [1.82, 2.24) is 4.57 Å². The predicted octanol–water partition coefficient (Wildman–Crippen LogP) is 1.48. The van der Waals surface area contributed by atoms with E-state index in [1.807, 2.05) is 11.6 Å². The van der Waals surface area contributed by atoms with E-state index < -0.39 is 0 Å². The summed E-state index contributed by atoms with van der Waals surface area (Å²) in [4.78, 5) is 11.3. The van der Waals surface area contributed by atoms with Crippen molar-refractivity contribution in [3.63, 3.8) is 0 Å². The fourth-order valence-electron chi connectivity index (χ4n) is 1.60. The molecule has 4 heteroatoms. The van der Waals surface area contributed by atoms with Gasteiger partial charge in [0.05, 0.1) is 12.6 Å². The molecule has 1 unspecified atom stereocenters. The zero-order valence-corrected chi connectivity index (χ0v) is 8.26. The highest BCUT2D eigenvalue weighted by Gasteiger charge is 2.14. The van der Waals surface area contributed by atoms with Gasteiger partial charge in [-0.05, 0) is 19.3 Å². The van der Waals surface area contributed by atoms with Gasteiger partial charge < -0.3 is 9.30 Å². The van der Waals surface area contributed by atoms with E-state index in [9.17, 15) is 4.79 Å². The Balaban J connectivity index is 1.97. The summed E-state index contributed by atoms with van der Waals surface area (Å²) in [5.41, 5.74) is 0. The molecule has 72 valence electrons. The second-order valence-corrected chi connectivity index (χ2v) is 4.17. The standard InChI is InChI=1S/C9H13NO2S/c11-9-10(4-6-13-9)7-8-3-1-2-5-12-8/h4,6,8H,1-3,5,7H2. The van der Waals surface area contributed by atoms with Gasteiger partial charge in [-0.3, -0.25) is 4.79 Å². The van der Waals surface area contributed by atoms with Crippen LogP contribution in [0.3, 0.4) is 0 Å². The summed E-state index contributed by atoms with van der Waals surface area (Å²) in [6.07, 6.45) is 5.56. The Morgan fingerprint density at radius 1 is 1.62 bits per heavy atom. The minimum Gasteiger partial charge on any atom is -0.376 e. The van der Waals surface area contributed by atoms with E-state index in [-0.39, 0.29) is 11.0 Å². The molecule has 0 N–H and O–H groups in total. The molecule has 1 aliphatic rings. The Morgan fingerprint density at radius 3 is 3.15 bits per heavy atom. The first-order valence-corrected chi connectivity index (χ1v) is 5.50. The van der Waals surface area contributed by atoms with Crippen LogP contribution in [0.25, 0.3) is 0 Å². The average molecular weight is 199 g/mol. The topological polar surface area (TPSA) is 31.2 Å². The lowest BCUT2D eigenvalue weighted by molar-refractivity contribution is 0.00569. The van der Waals surface area contributed by atoms with Gasteiger partial charge in [0.15, 0.2) is 0 Å². The summed E-state index contributed by atoms with van der Waals surface area (Å²) in [5.74, 6) is 0. The molecular formula is C9H13NO2S. The SMILES string of the molecule is O=c1sccn1CC1CCCCO1. The Morgan fingerprint density at radius 2 is 2.54 bits per heavy atom. The number of nitrogens with zero attached hydrogens (tertiary/aromatic N) is 1. The third kappa shape index (κ3) is 2.19. The minimum atomic E-state index is 0.120. The number of ether oxygens (including phenoxy) is 1. The fraction of sp³-hybridized carbons (Fsp3) is 0.667. The zero-order chi connectivity index (χ0) is 9.10. The Bertz CT molecular complexity index is 311. The number of hydrogen-bond donors (Lipinski definition) is 0. The zero-order valence-electron chi connectivity index (χ0n) is 7.44. The second kappa shape index (κ2) is 4.07. The van der Waals surface area contributed by atoms with Crippen LogP contribution in [0.5, 0.6) is 0 Å². The Hall–Kier alpha value is -0.610. The summed E-state index contributed by atoms with van der Waals surface area (Å²) in [5, 5.41) is 1.82. The molecule has 0 spiro atoms. The van der Waals surface area contributed by atoms with Crippen LogP contribution in [-0.2, 0) is 11.3 Å². The molecule has 0 amide bonds. The van der Waals surface area contributed by atoms with Gasteiger partial charge in [0.25, 0.3) is 0 Å². The molecule has 13 heavy (non-hydrogen) atoms. The maximum atomic E-state index is 11.2. The van der Waals surface area contributed by atoms with Gasteiger partial charge in [0.2, 0.25) is 0 Å². The van der Waals surface area contributed by atoms with Crippen molar-refractivity contribution in [2.24, 2.45) is 0 Å². The van der Waals surface area contributed by atoms with Gasteiger partial charge >= 0.3 is 4.87 Å². The molecule has 1 fully saturated rings. The minimum absolute atomic E-state index is 0.120. The van der Waals surface area contributed by atoms with Crippen LogP contribution in [0.15, 0.2) is 16.4 Å². The van der Waals surface area contributed by atoms with Crippen LogP contribution in [0.1, 0.15) is 19.3 Å². The van der Waals surface area contributed by atoms with E-state index in [1.54, 1.807) is 4.57 Å². The van der Waals surface area contributed by atoms with Crippen molar-refractivity contribution >= 4 is 11.3 Å². The molecule has 1 aliphatic heterocycles. The molecule has 0 bridgehead atoms. The summed E-state index contributed by atoms with van der Waals surface area (Å²) < 4.78 is 7.29. The average Bonchev–Trinajstić information content (AvgIpc) is 2.54. The lowest BCUT2D eigenvalue weighted by atomic mass is 10.1. The van der Waals surface area contributed by atoms with Gasteiger partial charge in [-0.15, -0.1) is 0 Å². The third-order valence-corrected chi connectivity index (χ3v) is 3.01. The Kier molecular flexibility index (Phi) is 2.80. The molecule has 0 aromatic carbocycles. The van der Waals surface area contributed by atoms with Crippen molar-refractivity contribution < 1.29 is 4.74 Å². The van der Waals surface area contributed by atoms with Crippen molar-refractivity contribution in [3.05, 3.63) is 21.2 Å². The first-order chi connectivity index (χ1) is 6.36. The van der Waals surface area contributed by atoms with Crippen LogP contribution in [0.4, 0.5) is 0 Å². The van der Waals surface area contributed by atoms with E-state index in [0.717, 1.165) is 26.0 Å². The summed E-state index contributed by atoms with van der Waals surface area (Å²) in [6.45, 7) is 1.58. The summed E-state index contributed by atoms with van der Waals surface area (Å²) >= 11 is 1.24. The lowest BCUT2D eigenvalue weighted by Gasteiger charge is -2.22. The monoisotopic (exact) mass is 199 g/mol. The lowest BCUT2D eigenvalue weighted by Crippen LogP contribution is -2.27. The van der Waals surface area contributed by atoms with Gasteiger partial charge in [-0.25, -0.2) is 0 Å². The van der Waals surface area contributed by atoms with Crippen LogP contribution in [-0.4, -0.2) is 17.3 Å². The fourth-order valence-corrected chi connectivity index (χ4v) is 2.19. The molecule has 0 saturated carbocycles. The third-order valence-electron chi connectivity index (χ3n) is 2.32. The Labute approximate surface area is 81.0 Å². The molecule has 1 atom stereocenters. The molecule has 0 aliphatic carbocycles. The molecule has 1 saturated heterocycles. The van der Waals surface area contributed by atoms with Gasteiger partial charge in [0, 0.05) is 18.2 Å². The second-order valence-electron chi connectivity index (χ2n) is 3.31. The molecular weight excluding hydrogens is 186 g/mol. The smallest absolute Gasteiger partial charge is 0.307 e. The van der Waals surface area contributed by atoms with Gasteiger partial charge in [-0.1, -0.05) is 11.3 Å². The highest BCUT2D eigenvalue weighted by atomic mass is 32.1. The largest absolute Gasteiger partial charge is 0.376 e. The molecule has 0 radical (unpaired) electrons. The first-order valence-electron chi connectivity index (χ1n) is 4.62. The van der Waals surface area contributed by atoms with E-state index in [4.69, 9.17) is 4.74 Å². The van der Waals surface area contributed by atoms with Crippen LogP contribution in [0, 0.1) is 0 Å². The number of thiazole rings is 1. The molecule has 1 aromatic rings. The quantitative estimate of drug-likeness (QED) is 0.722. The maximum Gasteiger partial charge on any atom is 0.307 e. The van der Waals surface area contributed by atoms with E-state index >= 15 is 0 Å². The first kappa shape index (κ1) is 8.97. The van der Waals surface area contributed by atoms with Crippen molar-refractivity contribution in [2.45, 2.75) is 31.9 Å². The van der Waals surface area contributed by atoms with Crippen molar-refractivity contribution in [1.29, 1.82) is 0 Å². The maximum absolute atomic E-state index is 11.2. The van der Waals surface area contributed by atoms with Crippen LogP contribution < -0.4 is 4.87 Å².